The summed E-state index contributed by atoms with van der Waals surface area (Å²) in [5, 5.41) is 11.8. The fourth-order valence-corrected chi connectivity index (χ4v) is 2.61. The molecule has 0 bridgehead atoms. The van der Waals surface area contributed by atoms with E-state index in [0.29, 0.717) is 12.0 Å². The summed E-state index contributed by atoms with van der Waals surface area (Å²) in [7, 11) is 1.68. The lowest BCUT2D eigenvalue weighted by molar-refractivity contribution is 0.133. The van der Waals surface area contributed by atoms with Crippen molar-refractivity contribution in [2.45, 2.75) is 32.4 Å². The van der Waals surface area contributed by atoms with Gasteiger partial charge >= 0.3 is 0 Å². The molecule has 0 aliphatic carbocycles. The summed E-state index contributed by atoms with van der Waals surface area (Å²) in [6, 6.07) is 8.78. The molecule has 1 saturated heterocycles. The number of nitrogens with zero attached hydrogens (tertiary/aromatic N) is 2. The topological polar surface area (TPSA) is 45.1 Å². The summed E-state index contributed by atoms with van der Waals surface area (Å²) in [5.41, 5.74) is 1.29. The van der Waals surface area contributed by atoms with Crippen molar-refractivity contribution in [2.24, 2.45) is 11.1 Å². The van der Waals surface area contributed by atoms with Gasteiger partial charge in [0.1, 0.15) is 5.75 Å². The molecule has 2 rings (SSSR count). The van der Waals surface area contributed by atoms with Crippen molar-refractivity contribution < 1.29 is 9.94 Å². The molecule has 4 heteroatoms. The lowest BCUT2D eigenvalue weighted by atomic mass is 9.94. The van der Waals surface area contributed by atoms with Gasteiger partial charge in [-0.1, -0.05) is 12.1 Å². The Morgan fingerprint density at radius 3 is 2.74 bits per heavy atom. The molecule has 2 atom stereocenters. The second-order valence-electron chi connectivity index (χ2n) is 5.23. The largest absolute Gasteiger partial charge is 0.497 e. The Hall–Kier alpha value is -1.55. The summed E-state index contributed by atoms with van der Waals surface area (Å²) < 4.78 is 5.17. The van der Waals surface area contributed by atoms with E-state index >= 15 is 0 Å². The third-order valence-electron chi connectivity index (χ3n) is 3.87. The van der Waals surface area contributed by atoms with Gasteiger partial charge in [-0.15, -0.1) is 5.16 Å². The van der Waals surface area contributed by atoms with Crippen LogP contribution in [0.15, 0.2) is 29.4 Å². The lowest BCUT2D eigenvalue weighted by Gasteiger charge is -2.36. The van der Waals surface area contributed by atoms with E-state index in [1.165, 1.54) is 5.56 Å². The molecule has 0 saturated carbocycles. The maximum Gasteiger partial charge on any atom is 0.118 e. The molecule has 1 aliphatic rings. The third kappa shape index (κ3) is 3.70. The maximum atomic E-state index is 8.66. The normalized spacial score (nSPS) is 24.7. The van der Waals surface area contributed by atoms with E-state index in [-0.39, 0.29) is 0 Å². The second kappa shape index (κ2) is 6.57. The van der Waals surface area contributed by atoms with E-state index < -0.39 is 0 Å². The number of hydrogen-bond acceptors (Lipinski definition) is 4. The molecular formula is C15H22N2O2. The van der Waals surface area contributed by atoms with E-state index in [1.54, 1.807) is 13.3 Å². The first-order chi connectivity index (χ1) is 9.22. The Morgan fingerprint density at radius 1 is 1.37 bits per heavy atom. The van der Waals surface area contributed by atoms with Gasteiger partial charge in [-0.05, 0) is 37.5 Å². The minimum Gasteiger partial charge on any atom is -0.497 e. The number of hydrogen-bond donors (Lipinski definition) is 1. The summed E-state index contributed by atoms with van der Waals surface area (Å²) in [4.78, 5) is 2.44. The van der Waals surface area contributed by atoms with Crippen LogP contribution in [0.5, 0.6) is 5.75 Å². The number of benzene rings is 1. The zero-order valence-electron chi connectivity index (χ0n) is 11.6. The van der Waals surface area contributed by atoms with Crippen LogP contribution < -0.4 is 4.74 Å². The number of likely N-dealkylation sites (tertiary alicyclic amines) is 1. The van der Waals surface area contributed by atoms with Crippen LogP contribution in [0.2, 0.25) is 0 Å². The van der Waals surface area contributed by atoms with Crippen LogP contribution in [0.4, 0.5) is 0 Å². The SMILES string of the molecule is COc1ccc(CN2CC(/C=N/O)CCC2C)cc1. The average Bonchev–Trinajstić information content (AvgIpc) is 2.44. The van der Waals surface area contributed by atoms with Gasteiger partial charge in [0.25, 0.3) is 0 Å². The predicted octanol–water partition coefficient (Wildman–Crippen LogP) is 2.76. The summed E-state index contributed by atoms with van der Waals surface area (Å²) >= 11 is 0. The van der Waals surface area contributed by atoms with Crippen LogP contribution in [0.1, 0.15) is 25.3 Å². The van der Waals surface area contributed by atoms with E-state index in [0.717, 1.165) is 31.7 Å². The van der Waals surface area contributed by atoms with E-state index in [1.807, 2.05) is 12.1 Å². The molecule has 1 N–H and O–H groups in total. The minimum atomic E-state index is 0.361. The second-order valence-corrected chi connectivity index (χ2v) is 5.23. The number of piperidine rings is 1. The van der Waals surface area contributed by atoms with Crippen LogP contribution in [-0.4, -0.2) is 36.0 Å². The van der Waals surface area contributed by atoms with Crippen LogP contribution in [0.25, 0.3) is 0 Å². The van der Waals surface area contributed by atoms with Crippen LogP contribution in [0.3, 0.4) is 0 Å². The first-order valence-corrected chi connectivity index (χ1v) is 6.77. The van der Waals surface area contributed by atoms with Crippen molar-refractivity contribution in [1.29, 1.82) is 0 Å². The van der Waals surface area contributed by atoms with Crippen molar-refractivity contribution in [3.05, 3.63) is 29.8 Å². The zero-order chi connectivity index (χ0) is 13.7. The first kappa shape index (κ1) is 13.9. The molecular weight excluding hydrogens is 240 g/mol. The molecule has 1 aromatic rings. The molecule has 0 spiro atoms. The van der Waals surface area contributed by atoms with Gasteiger partial charge in [0.2, 0.25) is 0 Å². The van der Waals surface area contributed by atoms with Gasteiger partial charge in [0, 0.05) is 31.3 Å². The fourth-order valence-electron chi connectivity index (χ4n) is 2.61. The predicted molar refractivity (Wildman–Crippen MR) is 75.9 cm³/mol. The highest BCUT2D eigenvalue weighted by molar-refractivity contribution is 5.60. The van der Waals surface area contributed by atoms with Crippen molar-refractivity contribution >= 4 is 6.21 Å². The Balaban J connectivity index is 1.99. The van der Waals surface area contributed by atoms with Gasteiger partial charge in [0.05, 0.1) is 7.11 Å². The van der Waals surface area contributed by atoms with Crippen molar-refractivity contribution in [2.75, 3.05) is 13.7 Å². The molecule has 1 fully saturated rings. The number of oxime groups is 1. The molecule has 2 unspecified atom stereocenters. The summed E-state index contributed by atoms with van der Waals surface area (Å²) in [6.45, 7) is 4.15. The fraction of sp³-hybridized carbons (Fsp3) is 0.533. The van der Waals surface area contributed by atoms with Gasteiger partial charge in [-0.2, -0.15) is 0 Å². The van der Waals surface area contributed by atoms with Crippen molar-refractivity contribution in [3.63, 3.8) is 0 Å². The van der Waals surface area contributed by atoms with Crippen molar-refractivity contribution in [1.82, 2.24) is 4.90 Å². The van der Waals surface area contributed by atoms with Crippen LogP contribution in [0, 0.1) is 5.92 Å². The Labute approximate surface area is 114 Å². The zero-order valence-corrected chi connectivity index (χ0v) is 11.6. The maximum absolute atomic E-state index is 8.66. The Kier molecular flexibility index (Phi) is 4.80. The highest BCUT2D eigenvalue weighted by atomic mass is 16.5. The lowest BCUT2D eigenvalue weighted by Crippen LogP contribution is -2.41. The summed E-state index contributed by atoms with van der Waals surface area (Å²) in [6.07, 6.45) is 3.91. The minimum absolute atomic E-state index is 0.361. The third-order valence-corrected chi connectivity index (χ3v) is 3.87. The van der Waals surface area contributed by atoms with E-state index in [2.05, 4.69) is 29.1 Å². The van der Waals surface area contributed by atoms with Crippen molar-refractivity contribution in [3.8, 4) is 5.75 Å². The molecule has 0 aromatic heterocycles. The Morgan fingerprint density at radius 2 is 2.11 bits per heavy atom. The highest BCUT2D eigenvalue weighted by Gasteiger charge is 2.24. The molecule has 0 radical (unpaired) electrons. The standard InChI is InChI=1S/C15H22N2O2/c1-12-3-4-14(9-16-18)11-17(12)10-13-5-7-15(19-2)8-6-13/h5-9,12,14,18H,3-4,10-11H2,1-2H3/b16-9+. The molecule has 1 heterocycles. The summed E-state index contributed by atoms with van der Waals surface area (Å²) in [5.74, 6) is 1.25. The molecule has 0 amide bonds. The van der Waals surface area contributed by atoms with Gasteiger partial charge in [-0.25, -0.2) is 0 Å². The molecule has 1 aromatic carbocycles. The van der Waals surface area contributed by atoms with E-state index in [9.17, 15) is 0 Å². The smallest absolute Gasteiger partial charge is 0.118 e. The monoisotopic (exact) mass is 262 g/mol. The number of methoxy groups -OCH3 is 1. The highest BCUT2D eigenvalue weighted by Crippen LogP contribution is 2.23. The first-order valence-electron chi connectivity index (χ1n) is 6.77. The Bertz CT molecular complexity index is 417. The average molecular weight is 262 g/mol. The van der Waals surface area contributed by atoms with Crippen LogP contribution >= 0.6 is 0 Å². The molecule has 19 heavy (non-hydrogen) atoms. The van der Waals surface area contributed by atoms with Gasteiger partial charge in [0.15, 0.2) is 0 Å². The molecule has 104 valence electrons. The number of ether oxygens (including phenoxy) is 1. The van der Waals surface area contributed by atoms with Crippen LogP contribution in [-0.2, 0) is 6.54 Å². The van der Waals surface area contributed by atoms with E-state index in [4.69, 9.17) is 9.94 Å². The molecule has 4 nitrogen and oxygen atoms in total. The number of rotatable bonds is 4. The van der Waals surface area contributed by atoms with Gasteiger partial charge in [-0.3, -0.25) is 4.90 Å². The molecule has 1 aliphatic heterocycles. The quantitative estimate of drug-likeness (QED) is 0.515. The van der Waals surface area contributed by atoms with Gasteiger partial charge < -0.3 is 9.94 Å².